The van der Waals surface area contributed by atoms with Crippen LogP contribution in [0.15, 0.2) is 28.5 Å². The molecular formula is C12H15N3O. The van der Waals surface area contributed by atoms with Gasteiger partial charge in [-0.3, -0.25) is 0 Å². The Balaban J connectivity index is 2.26. The topological polar surface area (TPSA) is 64.9 Å². The predicted molar refractivity (Wildman–Crippen MR) is 63.7 cm³/mol. The van der Waals surface area contributed by atoms with Gasteiger partial charge in [0, 0.05) is 6.04 Å². The third kappa shape index (κ3) is 2.46. The van der Waals surface area contributed by atoms with Crippen LogP contribution in [0.25, 0.3) is 17.3 Å². The third-order valence-electron chi connectivity index (χ3n) is 2.26. The molecule has 0 aliphatic rings. The summed E-state index contributed by atoms with van der Waals surface area (Å²) in [5.41, 5.74) is 9.17. The maximum Gasteiger partial charge on any atom is 0.247 e. The quantitative estimate of drug-likeness (QED) is 0.857. The summed E-state index contributed by atoms with van der Waals surface area (Å²) in [4.78, 5) is 8.35. The first-order valence-electron chi connectivity index (χ1n) is 5.28. The Morgan fingerprint density at radius 3 is 3.12 bits per heavy atom. The number of hydrogen-bond acceptors (Lipinski definition) is 4. The van der Waals surface area contributed by atoms with Gasteiger partial charge in [0.05, 0.1) is 5.69 Å². The van der Waals surface area contributed by atoms with Crippen LogP contribution >= 0.6 is 0 Å². The van der Waals surface area contributed by atoms with Crippen LogP contribution in [0.2, 0.25) is 0 Å². The van der Waals surface area contributed by atoms with Crippen molar-refractivity contribution in [3.63, 3.8) is 0 Å². The Morgan fingerprint density at radius 1 is 1.56 bits per heavy atom. The highest BCUT2D eigenvalue weighted by atomic mass is 16.3. The molecule has 0 amide bonds. The van der Waals surface area contributed by atoms with Crippen LogP contribution in [0.3, 0.4) is 0 Å². The van der Waals surface area contributed by atoms with Gasteiger partial charge in [0.25, 0.3) is 0 Å². The normalized spacial score (nSPS) is 14.3. The monoisotopic (exact) mass is 217 g/mol. The molecule has 2 aromatic rings. The zero-order valence-corrected chi connectivity index (χ0v) is 9.47. The van der Waals surface area contributed by atoms with Crippen LogP contribution in [0.4, 0.5) is 0 Å². The zero-order valence-electron chi connectivity index (χ0n) is 9.47. The fraction of sp³-hybridized carbons (Fsp3) is 0.333. The van der Waals surface area contributed by atoms with E-state index in [1.54, 1.807) is 0 Å². The molecule has 0 bridgehead atoms. The van der Waals surface area contributed by atoms with Gasteiger partial charge < -0.3 is 10.2 Å². The molecule has 0 fully saturated rings. The SMILES string of the molecule is CC(=Cc1ccc2ncoc2n1)CC(C)N. The first kappa shape index (κ1) is 10.8. The molecule has 2 aromatic heterocycles. The van der Waals surface area contributed by atoms with Crippen LogP contribution in [0, 0.1) is 0 Å². The number of rotatable bonds is 3. The van der Waals surface area contributed by atoms with Gasteiger partial charge in [-0.15, -0.1) is 0 Å². The van der Waals surface area contributed by atoms with Gasteiger partial charge in [0.1, 0.15) is 5.52 Å². The molecule has 2 heterocycles. The van der Waals surface area contributed by atoms with Crippen LogP contribution in [0.5, 0.6) is 0 Å². The molecule has 4 nitrogen and oxygen atoms in total. The molecule has 84 valence electrons. The van der Waals surface area contributed by atoms with E-state index in [-0.39, 0.29) is 6.04 Å². The van der Waals surface area contributed by atoms with Gasteiger partial charge in [-0.2, -0.15) is 0 Å². The maximum absolute atomic E-state index is 5.73. The highest BCUT2D eigenvalue weighted by molar-refractivity contribution is 5.69. The lowest BCUT2D eigenvalue weighted by atomic mass is 10.1. The van der Waals surface area contributed by atoms with Crippen LogP contribution in [-0.2, 0) is 0 Å². The molecule has 0 aliphatic carbocycles. The smallest absolute Gasteiger partial charge is 0.247 e. The molecular weight excluding hydrogens is 202 g/mol. The molecule has 1 atom stereocenters. The van der Waals surface area contributed by atoms with Crippen molar-refractivity contribution in [1.29, 1.82) is 0 Å². The van der Waals surface area contributed by atoms with Gasteiger partial charge >= 0.3 is 0 Å². The van der Waals surface area contributed by atoms with Crippen molar-refractivity contribution >= 4 is 17.3 Å². The summed E-state index contributed by atoms with van der Waals surface area (Å²) in [6.07, 6.45) is 4.29. The summed E-state index contributed by atoms with van der Waals surface area (Å²) in [6.45, 7) is 4.04. The fourth-order valence-corrected chi connectivity index (χ4v) is 1.67. The predicted octanol–water partition coefficient (Wildman–Crippen LogP) is 2.36. The highest BCUT2D eigenvalue weighted by Crippen LogP contribution is 2.13. The Bertz CT molecular complexity index is 514. The molecule has 0 saturated heterocycles. The number of oxazole rings is 1. The minimum Gasteiger partial charge on any atom is -0.425 e. The number of aromatic nitrogens is 2. The molecule has 2 N–H and O–H groups in total. The molecule has 1 unspecified atom stereocenters. The molecule has 0 saturated carbocycles. The van der Waals surface area contributed by atoms with Crippen molar-refractivity contribution in [3.8, 4) is 0 Å². The van der Waals surface area contributed by atoms with Crippen molar-refractivity contribution in [3.05, 3.63) is 29.8 Å². The Morgan fingerprint density at radius 2 is 2.38 bits per heavy atom. The van der Waals surface area contributed by atoms with Crippen molar-refractivity contribution in [2.45, 2.75) is 26.3 Å². The van der Waals surface area contributed by atoms with Crippen molar-refractivity contribution in [2.24, 2.45) is 5.73 Å². The molecule has 16 heavy (non-hydrogen) atoms. The van der Waals surface area contributed by atoms with Crippen molar-refractivity contribution in [2.75, 3.05) is 0 Å². The second-order valence-electron chi connectivity index (χ2n) is 4.08. The minimum absolute atomic E-state index is 0.172. The minimum atomic E-state index is 0.172. The summed E-state index contributed by atoms with van der Waals surface area (Å²) >= 11 is 0. The van der Waals surface area contributed by atoms with E-state index in [1.165, 1.54) is 12.0 Å². The Labute approximate surface area is 94.2 Å². The van der Waals surface area contributed by atoms with E-state index < -0.39 is 0 Å². The molecule has 0 spiro atoms. The van der Waals surface area contributed by atoms with E-state index in [1.807, 2.05) is 25.1 Å². The second kappa shape index (κ2) is 4.45. The summed E-state index contributed by atoms with van der Waals surface area (Å²) in [6, 6.07) is 4.00. The first-order chi connectivity index (χ1) is 7.65. The lowest BCUT2D eigenvalue weighted by Crippen LogP contribution is -2.14. The van der Waals surface area contributed by atoms with E-state index in [9.17, 15) is 0 Å². The summed E-state index contributed by atoms with van der Waals surface area (Å²) in [5, 5.41) is 0. The van der Waals surface area contributed by atoms with Gasteiger partial charge in [-0.25, -0.2) is 9.97 Å². The highest BCUT2D eigenvalue weighted by Gasteiger charge is 2.01. The maximum atomic E-state index is 5.73. The molecule has 0 aromatic carbocycles. The Kier molecular flexibility index (Phi) is 3.01. The van der Waals surface area contributed by atoms with Crippen LogP contribution in [0.1, 0.15) is 26.0 Å². The van der Waals surface area contributed by atoms with Gasteiger partial charge in [-0.1, -0.05) is 5.57 Å². The standard InChI is InChI=1S/C12H15N3O/c1-8(5-9(2)13)6-10-3-4-11-12(15-10)16-7-14-11/h3-4,6-7,9H,5,13H2,1-2H3. The van der Waals surface area contributed by atoms with Crippen LogP contribution in [-0.4, -0.2) is 16.0 Å². The average molecular weight is 217 g/mol. The molecule has 4 heteroatoms. The van der Waals surface area contributed by atoms with E-state index in [0.717, 1.165) is 17.6 Å². The number of fused-ring (bicyclic) bond motifs is 1. The molecule has 0 aliphatic heterocycles. The molecule has 2 rings (SSSR count). The Hall–Kier alpha value is -1.68. The third-order valence-corrected chi connectivity index (χ3v) is 2.26. The average Bonchev–Trinajstić information content (AvgIpc) is 2.63. The number of hydrogen-bond donors (Lipinski definition) is 1. The summed E-state index contributed by atoms with van der Waals surface area (Å²) < 4.78 is 5.15. The van der Waals surface area contributed by atoms with E-state index >= 15 is 0 Å². The van der Waals surface area contributed by atoms with Crippen molar-refractivity contribution in [1.82, 2.24) is 9.97 Å². The zero-order chi connectivity index (χ0) is 11.5. The second-order valence-corrected chi connectivity index (χ2v) is 4.08. The van der Waals surface area contributed by atoms with Crippen molar-refractivity contribution < 1.29 is 4.42 Å². The lowest BCUT2D eigenvalue weighted by Gasteiger charge is -2.04. The molecule has 0 radical (unpaired) electrons. The van der Waals surface area contributed by atoms with Gasteiger partial charge in [-0.05, 0) is 38.5 Å². The summed E-state index contributed by atoms with van der Waals surface area (Å²) in [5.74, 6) is 0. The van der Waals surface area contributed by atoms with Crippen LogP contribution < -0.4 is 5.73 Å². The summed E-state index contributed by atoms with van der Waals surface area (Å²) in [7, 11) is 0. The van der Waals surface area contributed by atoms with E-state index in [4.69, 9.17) is 10.2 Å². The lowest BCUT2D eigenvalue weighted by molar-refractivity contribution is 0.590. The number of nitrogens with zero attached hydrogens (tertiary/aromatic N) is 2. The van der Waals surface area contributed by atoms with Gasteiger partial charge in [0.15, 0.2) is 6.39 Å². The largest absolute Gasteiger partial charge is 0.425 e. The first-order valence-corrected chi connectivity index (χ1v) is 5.28. The fourth-order valence-electron chi connectivity index (χ4n) is 1.67. The van der Waals surface area contributed by atoms with E-state index in [0.29, 0.717) is 5.71 Å². The number of pyridine rings is 1. The van der Waals surface area contributed by atoms with Gasteiger partial charge in [0.2, 0.25) is 5.71 Å². The number of nitrogens with two attached hydrogens (primary N) is 1. The van der Waals surface area contributed by atoms with E-state index in [2.05, 4.69) is 16.9 Å².